The van der Waals surface area contributed by atoms with Gasteiger partial charge in [-0.15, -0.1) is 11.3 Å². The van der Waals surface area contributed by atoms with E-state index < -0.39 is 0 Å². The number of anilines is 1. The fraction of sp³-hybridized carbons (Fsp3) is 0.250. The van der Waals surface area contributed by atoms with Crippen molar-refractivity contribution in [1.82, 2.24) is 14.9 Å². The minimum atomic E-state index is -0.0880. The molecule has 0 saturated carbocycles. The highest BCUT2D eigenvalue weighted by molar-refractivity contribution is 7.07. The molecule has 0 bridgehead atoms. The van der Waals surface area contributed by atoms with Gasteiger partial charge in [-0.25, -0.2) is 15.8 Å². The van der Waals surface area contributed by atoms with Crippen LogP contribution in [0.15, 0.2) is 23.0 Å². The molecule has 2 aromatic rings. The van der Waals surface area contributed by atoms with Crippen LogP contribution in [-0.4, -0.2) is 27.8 Å². The number of thiazole rings is 1. The normalized spacial score (nSPS) is 10.3. The van der Waals surface area contributed by atoms with Gasteiger partial charge < -0.3 is 10.3 Å². The molecule has 0 radical (unpaired) electrons. The lowest BCUT2D eigenvalue weighted by molar-refractivity contribution is 0.0783. The standard InChI is InChI=1S/C12H15N5OS/c1-8-3-9(4-11(15-8)16-13)12(18)17(2)5-10-6-19-7-14-10/h3-4,6-7H,5,13H2,1-2H3,(H,15,16). The van der Waals surface area contributed by atoms with Gasteiger partial charge in [0, 0.05) is 23.7 Å². The van der Waals surface area contributed by atoms with Crippen molar-refractivity contribution in [3.63, 3.8) is 0 Å². The van der Waals surface area contributed by atoms with Crippen molar-refractivity contribution < 1.29 is 4.79 Å². The maximum Gasteiger partial charge on any atom is 0.254 e. The molecule has 0 aliphatic rings. The number of carbonyl (C=O) groups excluding carboxylic acids is 1. The average Bonchev–Trinajstić information content (AvgIpc) is 2.89. The Bertz CT molecular complexity index is 570. The van der Waals surface area contributed by atoms with E-state index in [4.69, 9.17) is 5.84 Å². The topological polar surface area (TPSA) is 84.1 Å². The molecular weight excluding hydrogens is 262 g/mol. The number of hydrogen-bond acceptors (Lipinski definition) is 6. The van der Waals surface area contributed by atoms with Crippen molar-refractivity contribution in [2.45, 2.75) is 13.5 Å². The van der Waals surface area contributed by atoms with Crippen LogP contribution >= 0.6 is 11.3 Å². The van der Waals surface area contributed by atoms with Gasteiger partial charge >= 0.3 is 0 Å². The van der Waals surface area contributed by atoms with Gasteiger partial charge in [-0.3, -0.25) is 4.79 Å². The van der Waals surface area contributed by atoms with Gasteiger partial charge in [0.2, 0.25) is 0 Å². The van der Waals surface area contributed by atoms with E-state index in [9.17, 15) is 4.79 Å². The first-order valence-electron chi connectivity index (χ1n) is 5.68. The molecule has 0 aliphatic heterocycles. The minimum Gasteiger partial charge on any atom is -0.336 e. The quantitative estimate of drug-likeness (QED) is 0.652. The van der Waals surface area contributed by atoms with Gasteiger partial charge in [-0.2, -0.15) is 0 Å². The van der Waals surface area contributed by atoms with Crippen molar-refractivity contribution in [3.05, 3.63) is 40.0 Å². The molecule has 0 aromatic carbocycles. The van der Waals surface area contributed by atoms with Crippen LogP contribution in [-0.2, 0) is 6.54 Å². The Morgan fingerprint density at radius 2 is 2.32 bits per heavy atom. The van der Waals surface area contributed by atoms with E-state index in [2.05, 4.69) is 15.4 Å². The van der Waals surface area contributed by atoms with Crippen LogP contribution in [0.5, 0.6) is 0 Å². The molecule has 0 spiro atoms. The second kappa shape index (κ2) is 5.77. The van der Waals surface area contributed by atoms with E-state index in [1.165, 1.54) is 11.3 Å². The summed E-state index contributed by atoms with van der Waals surface area (Å²) < 4.78 is 0. The molecule has 3 N–H and O–H groups in total. The lowest BCUT2D eigenvalue weighted by atomic mass is 10.2. The van der Waals surface area contributed by atoms with Crippen molar-refractivity contribution >= 4 is 23.1 Å². The Morgan fingerprint density at radius 3 is 2.95 bits per heavy atom. The number of carbonyl (C=O) groups is 1. The van der Waals surface area contributed by atoms with Crippen molar-refractivity contribution in [2.24, 2.45) is 5.84 Å². The minimum absolute atomic E-state index is 0.0880. The Hall–Kier alpha value is -1.99. The van der Waals surface area contributed by atoms with Crippen molar-refractivity contribution in [2.75, 3.05) is 12.5 Å². The summed E-state index contributed by atoms with van der Waals surface area (Å²) in [6.45, 7) is 2.30. The summed E-state index contributed by atoms with van der Waals surface area (Å²) in [5.74, 6) is 5.72. The number of nitrogens with two attached hydrogens (primary N) is 1. The number of amides is 1. The zero-order valence-electron chi connectivity index (χ0n) is 10.8. The molecule has 6 nitrogen and oxygen atoms in total. The van der Waals surface area contributed by atoms with Crippen LogP contribution in [0.3, 0.4) is 0 Å². The van der Waals surface area contributed by atoms with Gasteiger partial charge in [0.15, 0.2) is 0 Å². The first-order valence-corrected chi connectivity index (χ1v) is 6.62. The molecule has 2 aromatic heterocycles. The molecule has 0 saturated heterocycles. The van der Waals surface area contributed by atoms with Crippen LogP contribution in [0.4, 0.5) is 5.82 Å². The fourth-order valence-electron chi connectivity index (χ4n) is 1.72. The van der Waals surface area contributed by atoms with E-state index >= 15 is 0 Å². The zero-order valence-corrected chi connectivity index (χ0v) is 11.6. The zero-order chi connectivity index (χ0) is 13.8. The summed E-state index contributed by atoms with van der Waals surface area (Å²) in [6.07, 6.45) is 0. The first-order chi connectivity index (χ1) is 9.10. The monoisotopic (exact) mass is 277 g/mol. The number of aromatic nitrogens is 2. The van der Waals surface area contributed by atoms with Crippen molar-refractivity contribution in [3.8, 4) is 0 Å². The van der Waals surface area contributed by atoms with Gasteiger partial charge in [-0.1, -0.05) is 0 Å². The summed E-state index contributed by atoms with van der Waals surface area (Å²) in [4.78, 5) is 22.2. The maximum absolute atomic E-state index is 12.3. The maximum atomic E-state index is 12.3. The largest absolute Gasteiger partial charge is 0.336 e. The highest BCUT2D eigenvalue weighted by Gasteiger charge is 2.14. The molecule has 0 atom stereocenters. The third-order valence-corrected chi connectivity index (χ3v) is 3.21. The van der Waals surface area contributed by atoms with E-state index in [-0.39, 0.29) is 5.91 Å². The van der Waals surface area contributed by atoms with Crippen LogP contribution in [0.2, 0.25) is 0 Å². The molecule has 7 heteroatoms. The molecule has 0 unspecified atom stereocenters. The number of hydrazine groups is 1. The predicted octanol–water partition coefficient (Wildman–Crippen LogP) is 1.40. The third kappa shape index (κ3) is 3.27. The Labute approximate surface area is 115 Å². The molecule has 2 heterocycles. The lowest BCUT2D eigenvalue weighted by Gasteiger charge is -2.16. The number of nitrogens with zero attached hydrogens (tertiary/aromatic N) is 3. The van der Waals surface area contributed by atoms with Crippen LogP contribution < -0.4 is 11.3 Å². The second-order valence-corrected chi connectivity index (χ2v) is 4.89. The molecule has 100 valence electrons. The number of aryl methyl sites for hydroxylation is 1. The number of nitrogen functional groups attached to an aromatic ring is 1. The smallest absolute Gasteiger partial charge is 0.254 e. The number of hydrogen-bond donors (Lipinski definition) is 2. The highest BCUT2D eigenvalue weighted by Crippen LogP contribution is 2.13. The number of nitrogens with one attached hydrogen (secondary N) is 1. The van der Waals surface area contributed by atoms with Crippen LogP contribution in [0, 0.1) is 6.92 Å². The summed E-state index contributed by atoms with van der Waals surface area (Å²) >= 11 is 1.51. The van der Waals surface area contributed by atoms with Gasteiger partial charge in [0.25, 0.3) is 5.91 Å². The second-order valence-electron chi connectivity index (χ2n) is 4.17. The molecular formula is C12H15N5OS. The average molecular weight is 277 g/mol. The van der Waals surface area contributed by atoms with Crippen LogP contribution in [0.25, 0.3) is 0 Å². The summed E-state index contributed by atoms with van der Waals surface area (Å²) in [5, 5.41) is 1.93. The molecule has 1 amide bonds. The first kappa shape index (κ1) is 13.4. The molecule has 2 rings (SSSR count). The predicted molar refractivity (Wildman–Crippen MR) is 74.7 cm³/mol. The fourth-order valence-corrected chi connectivity index (χ4v) is 2.27. The summed E-state index contributed by atoms with van der Waals surface area (Å²) in [6, 6.07) is 3.37. The van der Waals surface area contributed by atoms with Gasteiger partial charge in [0.1, 0.15) is 5.82 Å². The van der Waals surface area contributed by atoms with E-state index in [0.29, 0.717) is 17.9 Å². The number of pyridine rings is 1. The Morgan fingerprint density at radius 1 is 1.53 bits per heavy atom. The molecule has 19 heavy (non-hydrogen) atoms. The Balaban J connectivity index is 2.16. The van der Waals surface area contributed by atoms with E-state index in [1.54, 1.807) is 29.6 Å². The summed E-state index contributed by atoms with van der Waals surface area (Å²) in [5.41, 5.74) is 6.37. The van der Waals surface area contributed by atoms with Crippen LogP contribution in [0.1, 0.15) is 21.7 Å². The van der Waals surface area contributed by atoms with Crippen molar-refractivity contribution in [1.29, 1.82) is 0 Å². The van der Waals surface area contributed by atoms with Gasteiger partial charge in [0.05, 0.1) is 17.7 Å². The molecule has 0 aliphatic carbocycles. The van der Waals surface area contributed by atoms with E-state index in [0.717, 1.165) is 11.4 Å². The van der Waals surface area contributed by atoms with Gasteiger partial charge in [-0.05, 0) is 19.1 Å². The highest BCUT2D eigenvalue weighted by atomic mass is 32.1. The lowest BCUT2D eigenvalue weighted by Crippen LogP contribution is -2.26. The SMILES string of the molecule is Cc1cc(C(=O)N(C)Cc2cscn2)cc(NN)n1. The summed E-state index contributed by atoms with van der Waals surface area (Å²) in [7, 11) is 1.74. The number of rotatable bonds is 4. The molecule has 0 fully saturated rings. The Kier molecular flexibility index (Phi) is 4.08. The third-order valence-electron chi connectivity index (χ3n) is 2.58. The van der Waals surface area contributed by atoms with E-state index in [1.807, 2.05) is 12.3 Å².